The van der Waals surface area contributed by atoms with Crippen molar-refractivity contribution < 1.29 is 14.3 Å². The molecule has 0 spiro atoms. The van der Waals surface area contributed by atoms with Gasteiger partial charge in [-0.05, 0) is 45.0 Å². The number of hydrogen-bond acceptors (Lipinski definition) is 8. The Morgan fingerprint density at radius 1 is 1.10 bits per heavy atom. The number of fused-ring (bicyclic) bond motifs is 1. The fourth-order valence-electron chi connectivity index (χ4n) is 2.73. The second-order valence-corrected chi connectivity index (χ2v) is 7.49. The molecule has 10 nitrogen and oxygen atoms in total. The molecule has 0 atom stereocenters. The summed E-state index contributed by atoms with van der Waals surface area (Å²) in [6.07, 6.45) is 5.76. The van der Waals surface area contributed by atoms with E-state index in [-0.39, 0.29) is 0 Å². The molecule has 1 N–H and O–H groups in total. The Bertz CT molecular complexity index is 1190. The minimum atomic E-state index is -0.607. The minimum Gasteiger partial charge on any atom is -0.497 e. The van der Waals surface area contributed by atoms with Crippen LogP contribution in [0.4, 0.5) is 16.4 Å². The first-order valence-electron chi connectivity index (χ1n) is 9.22. The summed E-state index contributed by atoms with van der Waals surface area (Å²) < 4.78 is 13.5. The quantitative estimate of drug-likeness (QED) is 0.547. The topological polar surface area (TPSA) is 109 Å². The number of carbonyl (C=O) groups excluding carboxylic acids is 1. The average molecular weight is 407 g/mol. The molecule has 4 aromatic rings. The van der Waals surface area contributed by atoms with E-state index in [1.165, 1.54) is 12.4 Å². The van der Waals surface area contributed by atoms with Crippen molar-refractivity contribution in [3.63, 3.8) is 0 Å². The predicted molar refractivity (Wildman–Crippen MR) is 110 cm³/mol. The lowest BCUT2D eigenvalue weighted by molar-refractivity contribution is 0.0514. The van der Waals surface area contributed by atoms with Crippen LogP contribution < -0.4 is 10.1 Å². The van der Waals surface area contributed by atoms with Crippen molar-refractivity contribution in [3.05, 3.63) is 49.2 Å². The van der Waals surface area contributed by atoms with Crippen molar-refractivity contribution in [2.45, 2.75) is 26.4 Å². The Morgan fingerprint density at radius 3 is 2.57 bits per heavy atom. The summed E-state index contributed by atoms with van der Waals surface area (Å²) in [5.41, 5.74) is 2.12. The third kappa shape index (κ3) is 4.07. The van der Waals surface area contributed by atoms with Crippen LogP contribution in [0.25, 0.3) is 16.9 Å². The number of imidazole rings is 1. The maximum atomic E-state index is 12.1. The van der Waals surface area contributed by atoms with Crippen LogP contribution in [0.15, 0.2) is 49.2 Å². The number of ether oxygens (including phenoxy) is 2. The molecule has 0 saturated carbocycles. The number of rotatable bonds is 4. The molecule has 154 valence electrons. The Balaban J connectivity index is 1.58. The smallest absolute Gasteiger partial charge is 0.435 e. The van der Waals surface area contributed by atoms with Gasteiger partial charge in [-0.25, -0.2) is 14.8 Å². The van der Waals surface area contributed by atoms with E-state index in [0.717, 1.165) is 16.1 Å². The molecule has 0 aliphatic heterocycles. The number of nitrogens with zero attached hydrogens (tertiary/aromatic N) is 6. The monoisotopic (exact) mass is 407 g/mol. The average Bonchev–Trinajstić information content (AvgIpc) is 3.34. The van der Waals surface area contributed by atoms with Crippen LogP contribution in [0.1, 0.15) is 20.8 Å². The maximum absolute atomic E-state index is 12.1. The van der Waals surface area contributed by atoms with Crippen molar-refractivity contribution in [1.82, 2.24) is 29.3 Å². The highest BCUT2D eigenvalue weighted by atomic mass is 16.6. The summed E-state index contributed by atoms with van der Waals surface area (Å²) in [4.78, 5) is 25.3. The molecule has 1 aromatic carbocycles. The van der Waals surface area contributed by atoms with Gasteiger partial charge in [-0.15, -0.1) is 0 Å². The molecular weight excluding hydrogens is 386 g/mol. The third-order valence-electron chi connectivity index (χ3n) is 4.06. The van der Waals surface area contributed by atoms with E-state index in [1.807, 2.05) is 28.8 Å². The zero-order valence-corrected chi connectivity index (χ0v) is 17.0. The highest BCUT2D eigenvalue weighted by Gasteiger charge is 2.18. The molecule has 0 saturated heterocycles. The van der Waals surface area contributed by atoms with Gasteiger partial charge in [-0.1, -0.05) is 0 Å². The molecule has 0 bridgehead atoms. The first kappa shape index (κ1) is 19.4. The van der Waals surface area contributed by atoms with Gasteiger partial charge in [0.1, 0.15) is 23.2 Å². The maximum Gasteiger partial charge on any atom is 0.435 e. The van der Waals surface area contributed by atoms with Gasteiger partial charge in [0.2, 0.25) is 5.95 Å². The molecule has 30 heavy (non-hydrogen) atoms. The van der Waals surface area contributed by atoms with E-state index >= 15 is 0 Å². The molecule has 3 heterocycles. The fraction of sp³-hybridized carbons (Fsp3) is 0.250. The number of benzene rings is 1. The van der Waals surface area contributed by atoms with Crippen LogP contribution in [0.5, 0.6) is 5.75 Å². The van der Waals surface area contributed by atoms with Gasteiger partial charge < -0.3 is 14.8 Å². The number of nitrogens with one attached hydrogen (secondary N) is 1. The Kier molecular flexibility index (Phi) is 4.82. The highest BCUT2D eigenvalue weighted by molar-refractivity contribution is 5.74. The zero-order chi connectivity index (χ0) is 21.3. The lowest BCUT2D eigenvalue weighted by Gasteiger charge is -2.18. The van der Waals surface area contributed by atoms with E-state index < -0.39 is 11.7 Å². The molecule has 3 aromatic heterocycles. The van der Waals surface area contributed by atoms with Crippen molar-refractivity contribution in [2.75, 3.05) is 12.4 Å². The van der Waals surface area contributed by atoms with E-state index in [1.54, 1.807) is 40.4 Å². The summed E-state index contributed by atoms with van der Waals surface area (Å²) in [7, 11) is 1.62. The van der Waals surface area contributed by atoms with Crippen molar-refractivity contribution in [3.8, 4) is 11.4 Å². The number of hydrogen-bond donors (Lipinski definition) is 1. The second-order valence-electron chi connectivity index (χ2n) is 7.49. The van der Waals surface area contributed by atoms with Gasteiger partial charge in [0, 0.05) is 5.69 Å². The molecule has 0 unspecified atom stereocenters. The molecule has 0 aliphatic rings. The predicted octanol–water partition coefficient (Wildman–Crippen LogP) is 3.55. The Morgan fingerprint density at radius 2 is 1.87 bits per heavy atom. The Labute approximate surface area is 172 Å². The zero-order valence-electron chi connectivity index (χ0n) is 17.0. The van der Waals surface area contributed by atoms with Crippen molar-refractivity contribution in [1.29, 1.82) is 0 Å². The number of carbonyl (C=O) groups is 1. The fourth-order valence-corrected chi connectivity index (χ4v) is 2.73. The van der Waals surface area contributed by atoms with Gasteiger partial charge in [-0.2, -0.15) is 14.8 Å². The van der Waals surface area contributed by atoms with Gasteiger partial charge in [-0.3, -0.25) is 4.57 Å². The standard InChI is InChI=1S/C20H21N7O3/c1-20(2,3)30-19(28)27-11-13(9-23-27)24-18-21-10-16-17(25-18)26(12-22-16)14-5-7-15(29-4)8-6-14/h5-12H,1-4H3,(H,21,24,25). The molecule has 0 radical (unpaired) electrons. The van der Waals surface area contributed by atoms with Crippen LogP contribution in [-0.2, 0) is 4.74 Å². The lowest BCUT2D eigenvalue weighted by Crippen LogP contribution is -2.27. The first-order valence-corrected chi connectivity index (χ1v) is 9.22. The van der Waals surface area contributed by atoms with Crippen LogP contribution in [0.3, 0.4) is 0 Å². The van der Waals surface area contributed by atoms with Crippen LogP contribution >= 0.6 is 0 Å². The highest BCUT2D eigenvalue weighted by Crippen LogP contribution is 2.21. The SMILES string of the molecule is COc1ccc(-n2cnc3cnc(Nc4cnn(C(=O)OC(C)(C)C)c4)nc32)cc1. The van der Waals surface area contributed by atoms with Gasteiger partial charge in [0.15, 0.2) is 5.65 Å². The molecule has 0 aliphatic carbocycles. The van der Waals surface area contributed by atoms with Crippen LogP contribution in [0, 0.1) is 0 Å². The second kappa shape index (κ2) is 7.47. The van der Waals surface area contributed by atoms with Gasteiger partial charge >= 0.3 is 6.09 Å². The molecule has 10 heteroatoms. The van der Waals surface area contributed by atoms with Crippen LogP contribution in [0.2, 0.25) is 0 Å². The molecule has 0 fully saturated rings. The normalized spacial score (nSPS) is 11.5. The third-order valence-corrected chi connectivity index (χ3v) is 4.06. The summed E-state index contributed by atoms with van der Waals surface area (Å²) in [5, 5.41) is 7.07. The largest absolute Gasteiger partial charge is 0.497 e. The van der Waals surface area contributed by atoms with Crippen LogP contribution in [-0.4, -0.2) is 48.1 Å². The van der Waals surface area contributed by atoms with Crippen molar-refractivity contribution >= 4 is 28.9 Å². The molecule has 0 amide bonds. The van der Waals surface area contributed by atoms with Crippen molar-refractivity contribution in [2.24, 2.45) is 0 Å². The Hall–Kier alpha value is -3.95. The molecule has 4 rings (SSSR count). The summed E-state index contributed by atoms with van der Waals surface area (Å²) in [6.45, 7) is 5.38. The van der Waals surface area contributed by atoms with E-state index in [2.05, 4.69) is 25.4 Å². The van der Waals surface area contributed by atoms with E-state index in [0.29, 0.717) is 22.8 Å². The van der Waals surface area contributed by atoms with Gasteiger partial charge in [0.25, 0.3) is 0 Å². The summed E-state index contributed by atoms with van der Waals surface area (Å²) in [6, 6.07) is 7.57. The number of anilines is 2. The van der Waals surface area contributed by atoms with E-state index in [4.69, 9.17) is 9.47 Å². The summed E-state index contributed by atoms with van der Waals surface area (Å²) in [5.74, 6) is 1.11. The minimum absolute atomic E-state index is 0.349. The number of methoxy groups -OCH3 is 1. The van der Waals surface area contributed by atoms with Gasteiger partial charge in [0.05, 0.1) is 31.4 Å². The number of aromatic nitrogens is 6. The van der Waals surface area contributed by atoms with E-state index in [9.17, 15) is 4.79 Å². The lowest BCUT2D eigenvalue weighted by atomic mass is 10.2. The molecular formula is C20H21N7O3. The first-order chi connectivity index (χ1) is 14.3. The summed E-state index contributed by atoms with van der Waals surface area (Å²) >= 11 is 0.